The van der Waals surface area contributed by atoms with E-state index in [1.807, 2.05) is 0 Å². The van der Waals surface area contributed by atoms with E-state index in [2.05, 4.69) is 19.1 Å². The van der Waals surface area contributed by atoms with Crippen LogP contribution in [0.15, 0.2) is 12.2 Å². The molecule has 6 saturated carbocycles. The van der Waals surface area contributed by atoms with Gasteiger partial charge >= 0.3 is 0 Å². The Kier molecular flexibility index (Phi) is 3.12. The Morgan fingerprint density at radius 1 is 1.14 bits per heavy atom. The number of carbonyl (C=O) groups excluding carboxylic acids is 1. The minimum Gasteiger partial charge on any atom is -0.386 e. The van der Waals surface area contributed by atoms with Crippen molar-refractivity contribution in [3.05, 3.63) is 12.2 Å². The number of hydrogen-bond donors (Lipinski definition) is 1. The van der Waals surface area contributed by atoms with Gasteiger partial charge < -0.3 is 9.84 Å². The van der Waals surface area contributed by atoms with Crippen molar-refractivity contribution in [3.63, 3.8) is 0 Å². The Hall–Kier alpha value is -0.670. The Bertz CT molecular complexity index is 826. The molecular weight excluding hydrogens is 360 g/mol. The van der Waals surface area contributed by atoms with Crippen molar-refractivity contribution in [1.82, 2.24) is 0 Å². The normalized spacial score (nSPS) is 60.7. The number of Topliss-reactive ketones (excluding diaryl/α,β-unsaturated/α-hetero) is 1. The van der Waals surface area contributed by atoms with Crippen LogP contribution in [0.4, 0.5) is 0 Å². The zero-order valence-corrected chi connectivity index (χ0v) is 18.1. The van der Waals surface area contributed by atoms with E-state index in [1.165, 1.54) is 51.4 Å². The maximum absolute atomic E-state index is 13.3. The van der Waals surface area contributed by atoms with Gasteiger partial charge in [0.2, 0.25) is 0 Å². The summed E-state index contributed by atoms with van der Waals surface area (Å²) < 4.78 is 5.88. The Labute approximate surface area is 174 Å². The summed E-state index contributed by atoms with van der Waals surface area (Å²) in [6.07, 6.45) is 18.1. The molecule has 9 atom stereocenters. The molecule has 0 aromatic heterocycles. The van der Waals surface area contributed by atoms with E-state index < -0.39 is 5.60 Å². The van der Waals surface area contributed by atoms with Crippen LogP contribution in [0.2, 0.25) is 0 Å². The van der Waals surface area contributed by atoms with E-state index in [0.717, 1.165) is 12.8 Å². The second-order valence-electron chi connectivity index (χ2n) is 12.3. The number of aliphatic hydroxyl groups is 1. The first-order chi connectivity index (χ1) is 13.9. The van der Waals surface area contributed by atoms with E-state index >= 15 is 0 Å². The van der Waals surface area contributed by atoms with Crippen molar-refractivity contribution in [2.75, 3.05) is 7.11 Å². The zero-order chi connectivity index (χ0) is 19.9. The molecule has 29 heavy (non-hydrogen) atoms. The third-order valence-corrected chi connectivity index (χ3v) is 12.6. The van der Waals surface area contributed by atoms with Crippen LogP contribution in [-0.4, -0.2) is 29.7 Å². The molecule has 0 aromatic rings. The fraction of sp³-hybridized carbons (Fsp3) is 0.885. The standard InChI is InChI=1S/C26H36O3/c1-22-20-16-7-11-24(22)13-12-23(8-3-4-9-23)18(24)6-5-10-25(22,15-16)26(28)19(29-2)14-17(27)21(20)26/h5-6,16,18-21,28H,3-4,7-15H2,1-2H3. The molecule has 1 N–H and O–H groups in total. The van der Waals surface area contributed by atoms with E-state index in [4.69, 9.17) is 4.74 Å². The van der Waals surface area contributed by atoms with Gasteiger partial charge in [0.25, 0.3) is 0 Å². The highest BCUT2D eigenvalue weighted by molar-refractivity contribution is 5.88. The van der Waals surface area contributed by atoms with Crippen LogP contribution in [0, 0.1) is 45.3 Å². The van der Waals surface area contributed by atoms with Crippen LogP contribution in [0.5, 0.6) is 0 Å². The van der Waals surface area contributed by atoms with E-state index in [1.54, 1.807) is 7.11 Å². The molecule has 0 amide bonds. The van der Waals surface area contributed by atoms with Gasteiger partial charge in [-0.05, 0) is 85.4 Å². The lowest BCUT2D eigenvalue weighted by molar-refractivity contribution is -0.194. The van der Waals surface area contributed by atoms with Crippen molar-refractivity contribution >= 4 is 5.78 Å². The molecule has 0 heterocycles. The largest absolute Gasteiger partial charge is 0.386 e. The summed E-state index contributed by atoms with van der Waals surface area (Å²) in [7, 11) is 1.71. The van der Waals surface area contributed by atoms with Crippen molar-refractivity contribution < 1.29 is 14.6 Å². The number of allylic oxidation sites excluding steroid dienone is 2. The SMILES string of the molecule is COC1CC(=O)C2C3C4CCC56CCC7(CCCC7)C5C=CCC(C4)(C12O)C36C. The zero-order valence-electron chi connectivity index (χ0n) is 18.1. The second kappa shape index (κ2) is 5.04. The highest BCUT2D eigenvalue weighted by atomic mass is 16.5. The van der Waals surface area contributed by atoms with Crippen molar-refractivity contribution in [1.29, 1.82) is 0 Å². The molecule has 0 aliphatic heterocycles. The second-order valence-corrected chi connectivity index (χ2v) is 12.3. The van der Waals surface area contributed by atoms with Crippen LogP contribution in [0.1, 0.15) is 77.6 Å². The number of carbonyl (C=O) groups is 1. The summed E-state index contributed by atoms with van der Waals surface area (Å²) in [4.78, 5) is 13.3. The lowest BCUT2D eigenvalue weighted by atomic mass is 9.45. The molecule has 6 fully saturated rings. The van der Waals surface area contributed by atoms with Gasteiger partial charge in [-0.25, -0.2) is 0 Å². The van der Waals surface area contributed by atoms with E-state index in [-0.39, 0.29) is 28.3 Å². The van der Waals surface area contributed by atoms with Crippen LogP contribution in [-0.2, 0) is 9.53 Å². The quantitative estimate of drug-likeness (QED) is 0.655. The minimum atomic E-state index is -0.962. The van der Waals surface area contributed by atoms with Crippen LogP contribution in [0.25, 0.3) is 0 Å². The fourth-order valence-corrected chi connectivity index (χ4v) is 11.9. The van der Waals surface area contributed by atoms with Gasteiger partial charge in [0.1, 0.15) is 11.4 Å². The summed E-state index contributed by atoms with van der Waals surface area (Å²) in [6.45, 7) is 2.56. The highest BCUT2D eigenvalue weighted by Crippen LogP contribution is 2.89. The first-order valence-electron chi connectivity index (χ1n) is 12.3. The lowest BCUT2D eigenvalue weighted by Crippen LogP contribution is -2.60. The van der Waals surface area contributed by atoms with Gasteiger partial charge in [0, 0.05) is 18.9 Å². The third kappa shape index (κ3) is 1.49. The molecule has 0 saturated heterocycles. The minimum absolute atomic E-state index is 0.0649. The molecular formula is C26H36O3. The predicted molar refractivity (Wildman–Crippen MR) is 110 cm³/mol. The summed E-state index contributed by atoms with van der Waals surface area (Å²) in [5.74, 6) is 1.77. The summed E-state index contributed by atoms with van der Waals surface area (Å²) >= 11 is 0. The molecule has 7 rings (SSSR count). The lowest BCUT2D eigenvalue weighted by Gasteiger charge is -2.59. The van der Waals surface area contributed by atoms with Crippen molar-refractivity contribution in [3.8, 4) is 0 Å². The Balaban J connectivity index is 1.49. The molecule has 3 nitrogen and oxygen atoms in total. The maximum atomic E-state index is 13.3. The molecule has 2 spiro atoms. The number of fused-ring (bicyclic) bond motifs is 2. The molecule has 3 heteroatoms. The van der Waals surface area contributed by atoms with Gasteiger partial charge in [-0.2, -0.15) is 0 Å². The van der Waals surface area contributed by atoms with Crippen molar-refractivity contribution in [2.45, 2.75) is 89.3 Å². The van der Waals surface area contributed by atoms with Gasteiger partial charge in [-0.1, -0.05) is 31.9 Å². The average Bonchev–Trinajstić information content (AvgIpc) is 3.43. The first kappa shape index (κ1) is 18.0. The molecule has 4 bridgehead atoms. The number of ketones is 1. The Morgan fingerprint density at radius 2 is 1.93 bits per heavy atom. The summed E-state index contributed by atoms with van der Waals surface area (Å²) in [5, 5.41) is 12.5. The molecule has 7 aliphatic carbocycles. The number of ether oxygens (including phenoxy) is 1. The summed E-state index contributed by atoms with van der Waals surface area (Å²) in [5.41, 5.74) is -0.298. The highest BCUT2D eigenvalue weighted by Gasteiger charge is 2.89. The predicted octanol–water partition coefficient (Wildman–Crippen LogP) is 4.67. The first-order valence-corrected chi connectivity index (χ1v) is 12.3. The van der Waals surface area contributed by atoms with Crippen LogP contribution < -0.4 is 0 Å². The average molecular weight is 397 g/mol. The molecule has 0 aromatic carbocycles. The number of rotatable bonds is 1. The number of methoxy groups -OCH3 is 1. The van der Waals surface area contributed by atoms with E-state index in [9.17, 15) is 9.90 Å². The Morgan fingerprint density at radius 3 is 2.69 bits per heavy atom. The smallest absolute Gasteiger partial charge is 0.141 e. The van der Waals surface area contributed by atoms with Gasteiger partial charge in [0.05, 0.1) is 12.0 Å². The van der Waals surface area contributed by atoms with Gasteiger partial charge in [-0.15, -0.1) is 0 Å². The van der Waals surface area contributed by atoms with Gasteiger partial charge in [0.15, 0.2) is 0 Å². The maximum Gasteiger partial charge on any atom is 0.141 e. The third-order valence-electron chi connectivity index (χ3n) is 12.6. The number of hydrogen-bond acceptors (Lipinski definition) is 3. The molecule has 158 valence electrons. The molecule has 9 unspecified atom stereocenters. The fourth-order valence-electron chi connectivity index (χ4n) is 11.9. The molecule has 0 radical (unpaired) electrons. The van der Waals surface area contributed by atoms with Crippen LogP contribution in [0.3, 0.4) is 0 Å². The summed E-state index contributed by atoms with van der Waals surface area (Å²) in [6, 6.07) is 0. The molecule has 7 aliphatic rings. The monoisotopic (exact) mass is 396 g/mol. The van der Waals surface area contributed by atoms with Crippen molar-refractivity contribution in [2.24, 2.45) is 45.3 Å². The van der Waals surface area contributed by atoms with Crippen LogP contribution >= 0.6 is 0 Å². The van der Waals surface area contributed by atoms with Gasteiger partial charge in [-0.3, -0.25) is 4.79 Å². The topological polar surface area (TPSA) is 46.5 Å². The van der Waals surface area contributed by atoms with E-state index in [0.29, 0.717) is 35.4 Å².